The fourth-order valence-electron chi connectivity index (χ4n) is 2.28. The number of hydrogen-bond donors (Lipinski definition) is 0. The summed E-state index contributed by atoms with van der Waals surface area (Å²) in [7, 11) is 0. The quantitative estimate of drug-likeness (QED) is 0.646. The summed E-state index contributed by atoms with van der Waals surface area (Å²) in [5.41, 5.74) is 2.09. The summed E-state index contributed by atoms with van der Waals surface area (Å²) < 4.78 is 7.85. The van der Waals surface area contributed by atoms with Gasteiger partial charge in [0.25, 0.3) is 0 Å². The molecule has 0 spiro atoms. The second-order valence-corrected chi connectivity index (χ2v) is 5.16. The highest BCUT2D eigenvalue weighted by Crippen LogP contribution is 2.24. The Bertz CT molecular complexity index is 813. The third-order valence-electron chi connectivity index (χ3n) is 3.36. The Morgan fingerprint density at radius 2 is 2.00 bits per heavy atom. The van der Waals surface area contributed by atoms with Crippen molar-refractivity contribution in [2.45, 2.75) is 13.2 Å². The van der Waals surface area contributed by atoms with Crippen LogP contribution in [0.15, 0.2) is 54.7 Å². The van der Waals surface area contributed by atoms with Crippen LogP contribution in [0.5, 0.6) is 5.75 Å². The smallest absolute Gasteiger partial charge is 0.120 e. The number of benzene rings is 2. The molecule has 0 aliphatic carbocycles. The molecular weight excluding hydrogens is 282 g/mol. The van der Waals surface area contributed by atoms with E-state index in [0.717, 1.165) is 27.2 Å². The summed E-state index contributed by atoms with van der Waals surface area (Å²) in [6.45, 7) is 1.03. The van der Waals surface area contributed by atoms with Crippen molar-refractivity contribution in [2.75, 3.05) is 0 Å². The van der Waals surface area contributed by atoms with Gasteiger partial charge in [0.1, 0.15) is 12.4 Å². The normalized spacial score (nSPS) is 10.5. The van der Waals surface area contributed by atoms with Crippen LogP contribution >= 0.6 is 11.6 Å². The molecule has 0 unspecified atom stereocenters. The summed E-state index contributed by atoms with van der Waals surface area (Å²) in [6, 6.07) is 15.7. The van der Waals surface area contributed by atoms with E-state index in [4.69, 9.17) is 22.8 Å². The minimum absolute atomic E-state index is 0.455. The average Bonchev–Trinajstić information content (AvgIpc) is 2.89. The molecule has 0 N–H and O–H groups in total. The first-order chi connectivity index (χ1) is 10.3. The standard InChI is InChI=1S/C18H14ClNO/c1-2-10-20-11-9-14-12-16(7-8-18(14)20)21-13-15-5-3-4-6-17(15)19/h1,3-9,11-12H,10,13H2. The number of rotatable bonds is 4. The van der Waals surface area contributed by atoms with Crippen LogP contribution in [0.25, 0.3) is 10.9 Å². The van der Waals surface area contributed by atoms with Crippen LogP contribution in [0.4, 0.5) is 0 Å². The minimum Gasteiger partial charge on any atom is -0.489 e. The van der Waals surface area contributed by atoms with Crippen molar-refractivity contribution in [1.82, 2.24) is 4.57 Å². The predicted molar refractivity (Wildman–Crippen MR) is 86.6 cm³/mol. The SMILES string of the molecule is C#CCn1ccc2cc(OCc3ccccc3Cl)ccc21. The lowest BCUT2D eigenvalue weighted by molar-refractivity contribution is 0.307. The van der Waals surface area contributed by atoms with Crippen molar-refractivity contribution in [1.29, 1.82) is 0 Å². The lowest BCUT2D eigenvalue weighted by Crippen LogP contribution is -1.96. The van der Waals surface area contributed by atoms with E-state index in [1.165, 1.54) is 0 Å². The molecular formula is C18H14ClNO. The predicted octanol–water partition coefficient (Wildman–Crippen LogP) is 4.51. The molecule has 104 valence electrons. The molecule has 0 aliphatic rings. The summed E-state index contributed by atoms with van der Waals surface area (Å²) in [5.74, 6) is 3.47. The van der Waals surface area contributed by atoms with Crippen molar-refractivity contribution in [3.05, 3.63) is 65.3 Å². The van der Waals surface area contributed by atoms with Crippen LogP contribution in [0.1, 0.15) is 5.56 Å². The van der Waals surface area contributed by atoms with Gasteiger partial charge in [0.05, 0.1) is 6.54 Å². The van der Waals surface area contributed by atoms with E-state index in [9.17, 15) is 0 Å². The second kappa shape index (κ2) is 5.95. The molecule has 3 heteroatoms. The fraction of sp³-hybridized carbons (Fsp3) is 0.111. The first-order valence-corrected chi connectivity index (χ1v) is 7.04. The van der Waals surface area contributed by atoms with Crippen molar-refractivity contribution < 1.29 is 4.74 Å². The van der Waals surface area contributed by atoms with Crippen molar-refractivity contribution in [3.8, 4) is 18.1 Å². The Kier molecular flexibility index (Phi) is 3.85. The molecule has 3 aromatic rings. The first kappa shape index (κ1) is 13.6. The lowest BCUT2D eigenvalue weighted by Gasteiger charge is -2.08. The molecule has 2 aromatic carbocycles. The Hall–Kier alpha value is -2.37. The Morgan fingerprint density at radius 3 is 2.81 bits per heavy atom. The van der Waals surface area contributed by atoms with Gasteiger partial charge in [-0.1, -0.05) is 35.7 Å². The topological polar surface area (TPSA) is 14.2 Å². The van der Waals surface area contributed by atoms with E-state index in [1.54, 1.807) is 0 Å². The molecule has 0 radical (unpaired) electrons. The van der Waals surface area contributed by atoms with E-state index in [-0.39, 0.29) is 0 Å². The molecule has 0 saturated carbocycles. The minimum atomic E-state index is 0.455. The maximum atomic E-state index is 6.12. The van der Waals surface area contributed by atoms with E-state index in [0.29, 0.717) is 13.2 Å². The number of hydrogen-bond acceptors (Lipinski definition) is 1. The van der Waals surface area contributed by atoms with E-state index >= 15 is 0 Å². The van der Waals surface area contributed by atoms with Crippen LogP contribution in [0, 0.1) is 12.3 Å². The van der Waals surface area contributed by atoms with Crippen molar-refractivity contribution in [2.24, 2.45) is 0 Å². The van der Waals surface area contributed by atoms with Crippen LogP contribution in [0.2, 0.25) is 5.02 Å². The Labute approximate surface area is 128 Å². The van der Waals surface area contributed by atoms with Gasteiger partial charge >= 0.3 is 0 Å². The zero-order valence-electron chi connectivity index (χ0n) is 11.4. The van der Waals surface area contributed by atoms with E-state index in [2.05, 4.69) is 5.92 Å². The molecule has 1 heterocycles. The van der Waals surface area contributed by atoms with Gasteiger partial charge in [-0.3, -0.25) is 0 Å². The molecule has 1 aromatic heterocycles. The maximum absolute atomic E-state index is 6.12. The number of halogens is 1. The number of fused-ring (bicyclic) bond motifs is 1. The average molecular weight is 296 g/mol. The largest absolute Gasteiger partial charge is 0.489 e. The van der Waals surface area contributed by atoms with Gasteiger partial charge in [0.2, 0.25) is 0 Å². The third-order valence-corrected chi connectivity index (χ3v) is 3.72. The van der Waals surface area contributed by atoms with Crippen LogP contribution in [-0.4, -0.2) is 4.57 Å². The summed E-state index contributed by atoms with van der Waals surface area (Å²) >= 11 is 6.12. The van der Waals surface area contributed by atoms with Gasteiger partial charge < -0.3 is 9.30 Å². The molecule has 0 saturated heterocycles. The Balaban J connectivity index is 1.79. The van der Waals surface area contributed by atoms with Gasteiger partial charge in [0.15, 0.2) is 0 Å². The molecule has 0 atom stereocenters. The van der Waals surface area contributed by atoms with E-state index in [1.807, 2.05) is 59.3 Å². The van der Waals surface area contributed by atoms with Crippen LogP contribution in [-0.2, 0) is 13.2 Å². The van der Waals surface area contributed by atoms with Gasteiger partial charge in [-0.05, 0) is 30.3 Å². The highest BCUT2D eigenvalue weighted by Gasteiger charge is 2.04. The molecule has 0 fully saturated rings. The third kappa shape index (κ3) is 2.89. The first-order valence-electron chi connectivity index (χ1n) is 6.66. The monoisotopic (exact) mass is 295 g/mol. The number of nitrogens with zero attached hydrogens (tertiary/aromatic N) is 1. The van der Waals surface area contributed by atoms with Crippen molar-refractivity contribution in [3.63, 3.8) is 0 Å². The molecule has 2 nitrogen and oxygen atoms in total. The fourth-order valence-corrected chi connectivity index (χ4v) is 2.47. The van der Waals surface area contributed by atoms with Crippen LogP contribution < -0.4 is 4.74 Å². The highest BCUT2D eigenvalue weighted by atomic mass is 35.5. The maximum Gasteiger partial charge on any atom is 0.120 e. The molecule has 0 amide bonds. The Morgan fingerprint density at radius 1 is 1.14 bits per heavy atom. The second-order valence-electron chi connectivity index (χ2n) is 4.75. The molecule has 0 bridgehead atoms. The number of terminal acetylenes is 1. The van der Waals surface area contributed by atoms with Gasteiger partial charge in [0, 0.05) is 27.7 Å². The molecule has 0 aliphatic heterocycles. The van der Waals surface area contributed by atoms with Gasteiger partial charge in [-0.2, -0.15) is 0 Å². The molecule has 3 rings (SSSR count). The zero-order valence-corrected chi connectivity index (χ0v) is 12.2. The summed E-state index contributed by atoms with van der Waals surface area (Å²) in [6.07, 6.45) is 7.35. The molecule has 21 heavy (non-hydrogen) atoms. The van der Waals surface area contributed by atoms with Crippen molar-refractivity contribution >= 4 is 22.5 Å². The summed E-state index contributed by atoms with van der Waals surface area (Å²) in [4.78, 5) is 0. The lowest BCUT2D eigenvalue weighted by atomic mass is 10.2. The van der Waals surface area contributed by atoms with Crippen LogP contribution in [0.3, 0.4) is 0 Å². The zero-order chi connectivity index (χ0) is 14.7. The van der Waals surface area contributed by atoms with Gasteiger partial charge in [-0.25, -0.2) is 0 Å². The van der Waals surface area contributed by atoms with E-state index < -0.39 is 0 Å². The van der Waals surface area contributed by atoms with Gasteiger partial charge in [-0.15, -0.1) is 6.42 Å². The highest BCUT2D eigenvalue weighted by molar-refractivity contribution is 6.31. The number of ether oxygens (including phenoxy) is 1. The number of aromatic nitrogens is 1. The summed E-state index contributed by atoms with van der Waals surface area (Å²) in [5, 5.41) is 1.83.